The second kappa shape index (κ2) is 9.77. The molecule has 0 saturated carbocycles. The Morgan fingerprint density at radius 2 is 2.00 bits per heavy atom. The van der Waals surface area contributed by atoms with Crippen molar-refractivity contribution in [2.75, 3.05) is 32.2 Å². The van der Waals surface area contributed by atoms with E-state index >= 15 is 0 Å². The number of esters is 1. The molecule has 0 atom stereocenters. The van der Waals surface area contributed by atoms with E-state index in [-0.39, 0.29) is 24.7 Å². The fourth-order valence-electron chi connectivity index (χ4n) is 1.82. The maximum atomic E-state index is 12.9. The topological polar surface area (TPSA) is 47.6 Å². The van der Waals surface area contributed by atoms with Gasteiger partial charge in [-0.25, -0.2) is 0 Å². The summed E-state index contributed by atoms with van der Waals surface area (Å²) in [6.45, 7) is 1.14. The summed E-state index contributed by atoms with van der Waals surface area (Å²) in [7, 11) is 1.31. The molecule has 23 heavy (non-hydrogen) atoms. The van der Waals surface area contributed by atoms with Gasteiger partial charge in [0.05, 0.1) is 25.7 Å². The molecule has 0 amide bonds. The van der Waals surface area contributed by atoms with Crippen LogP contribution in [0.25, 0.3) is 0 Å². The van der Waals surface area contributed by atoms with Crippen LogP contribution < -0.4 is 5.32 Å². The molecule has 1 N–H and O–H groups in total. The number of nitrogens with one attached hydrogen (secondary N) is 1. The molecule has 1 aromatic carbocycles. The van der Waals surface area contributed by atoms with Crippen molar-refractivity contribution in [1.29, 1.82) is 0 Å². The van der Waals surface area contributed by atoms with Crippen molar-refractivity contribution in [1.82, 2.24) is 0 Å². The summed E-state index contributed by atoms with van der Waals surface area (Å²) >= 11 is 3.04. The fourth-order valence-corrected chi connectivity index (χ4v) is 2.18. The van der Waals surface area contributed by atoms with E-state index in [0.29, 0.717) is 30.5 Å². The van der Waals surface area contributed by atoms with E-state index in [1.165, 1.54) is 13.2 Å². The highest BCUT2D eigenvalue weighted by atomic mass is 79.9. The molecule has 0 saturated heterocycles. The molecule has 1 aromatic rings. The lowest BCUT2D eigenvalue weighted by molar-refractivity contribution is -0.142. The summed E-state index contributed by atoms with van der Waals surface area (Å²) in [4.78, 5) is 10.8. The van der Waals surface area contributed by atoms with Crippen LogP contribution in [0.1, 0.15) is 24.8 Å². The smallest absolute Gasteiger partial charge is 0.418 e. The Labute approximate surface area is 141 Å². The van der Waals surface area contributed by atoms with Gasteiger partial charge in [0.25, 0.3) is 0 Å². The summed E-state index contributed by atoms with van der Waals surface area (Å²) in [5.74, 6) is -0.332. The predicted molar refractivity (Wildman–Crippen MR) is 84.3 cm³/mol. The highest BCUT2D eigenvalue weighted by molar-refractivity contribution is 9.10. The van der Waals surface area contributed by atoms with E-state index in [1.54, 1.807) is 6.07 Å². The van der Waals surface area contributed by atoms with Gasteiger partial charge in [-0.05, 0) is 31.0 Å². The molecule has 8 heteroatoms. The zero-order chi connectivity index (χ0) is 17.3. The number of ether oxygens (including phenoxy) is 2. The van der Waals surface area contributed by atoms with Crippen molar-refractivity contribution in [3.05, 3.63) is 28.2 Å². The number of rotatable bonds is 9. The zero-order valence-electron chi connectivity index (χ0n) is 12.7. The van der Waals surface area contributed by atoms with Gasteiger partial charge >= 0.3 is 12.1 Å². The van der Waals surface area contributed by atoms with Gasteiger partial charge in [-0.2, -0.15) is 13.2 Å². The van der Waals surface area contributed by atoms with Gasteiger partial charge in [-0.3, -0.25) is 4.79 Å². The molecule has 0 bridgehead atoms. The molecule has 0 aliphatic heterocycles. The quantitative estimate of drug-likeness (QED) is 0.500. The molecule has 0 heterocycles. The average Bonchev–Trinajstić information content (AvgIpc) is 2.49. The number of unbranched alkanes of at least 4 members (excludes halogenated alkanes) is 1. The summed E-state index contributed by atoms with van der Waals surface area (Å²) in [5.41, 5.74) is -0.631. The first-order valence-electron chi connectivity index (χ1n) is 7.09. The Balaban J connectivity index is 2.28. The van der Waals surface area contributed by atoms with Crippen molar-refractivity contribution in [2.24, 2.45) is 0 Å². The molecule has 0 fully saturated rings. The van der Waals surface area contributed by atoms with E-state index in [1.807, 2.05) is 0 Å². The van der Waals surface area contributed by atoms with E-state index in [4.69, 9.17) is 4.74 Å². The normalized spacial score (nSPS) is 11.3. The number of methoxy groups -OCH3 is 1. The molecule has 0 radical (unpaired) electrons. The summed E-state index contributed by atoms with van der Waals surface area (Å²) < 4.78 is 48.8. The number of carbonyl (C=O) groups is 1. The molecular weight excluding hydrogens is 379 g/mol. The summed E-state index contributed by atoms with van der Waals surface area (Å²) in [5, 5.41) is 2.79. The van der Waals surface area contributed by atoms with Gasteiger partial charge < -0.3 is 14.8 Å². The lowest BCUT2D eigenvalue weighted by atomic mass is 10.1. The molecule has 0 aromatic heterocycles. The number of hydrogen-bond donors (Lipinski definition) is 1. The van der Waals surface area contributed by atoms with Crippen LogP contribution in [0, 0.1) is 0 Å². The molecule has 130 valence electrons. The second-order valence-electron chi connectivity index (χ2n) is 4.76. The predicted octanol–water partition coefficient (Wildman–Crippen LogP) is 4.24. The van der Waals surface area contributed by atoms with Crippen molar-refractivity contribution >= 4 is 27.6 Å². The Bertz CT molecular complexity index is 509. The first kappa shape index (κ1) is 19.8. The van der Waals surface area contributed by atoms with Crippen LogP contribution in [-0.4, -0.2) is 32.8 Å². The third-order valence-corrected chi connectivity index (χ3v) is 3.49. The molecule has 0 unspecified atom stereocenters. The minimum absolute atomic E-state index is 0.0623. The van der Waals surface area contributed by atoms with Gasteiger partial charge in [0.1, 0.15) is 0 Å². The number of benzene rings is 1. The summed E-state index contributed by atoms with van der Waals surface area (Å²) in [6.07, 6.45) is -2.86. The van der Waals surface area contributed by atoms with Crippen molar-refractivity contribution in [3.63, 3.8) is 0 Å². The Hall–Kier alpha value is -1.28. The van der Waals surface area contributed by atoms with Crippen molar-refractivity contribution in [3.8, 4) is 0 Å². The van der Waals surface area contributed by atoms with E-state index in [0.717, 1.165) is 6.07 Å². The van der Waals surface area contributed by atoms with Crippen LogP contribution in [0.4, 0.5) is 18.9 Å². The zero-order valence-corrected chi connectivity index (χ0v) is 14.3. The van der Waals surface area contributed by atoms with Crippen LogP contribution >= 0.6 is 15.9 Å². The first-order chi connectivity index (χ1) is 10.8. The highest BCUT2D eigenvalue weighted by Crippen LogP contribution is 2.36. The van der Waals surface area contributed by atoms with Crippen LogP contribution in [0.2, 0.25) is 0 Å². The van der Waals surface area contributed by atoms with Gasteiger partial charge in [-0.15, -0.1) is 0 Å². The standard InChI is InChI=1S/C15H19BrF3NO3/c1-22-14(21)6-9-23-8-3-2-7-20-13-5-4-11(16)10-12(13)15(17,18)19/h4-5,10,20H,2-3,6-9H2,1H3. The van der Waals surface area contributed by atoms with E-state index in [9.17, 15) is 18.0 Å². The molecule has 1 rings (SSSR count). The van der Waals surface area contributed by atoms with Gasteiger partial charge in [0.2, 0.25) is 0 Å². The fraction of sp³-hybridized carbons (Fsp3) is 0.533. The Morgan fingerprint density at radius 1 is 1.26 bits per heavy atom. The molecule has 0 aliphatic rings. The highest BCUT2D eigenvalue weighted by Gasteiger charge is 2.33. The van der Waals surface area contributed by atoms with Gasteiger partial charge in [0.15, 0.2) is 0 Å². The lowest BCUT2D eigenvalue weighted by Crippen LogP contribution is -2.12. The Kier molecular flexibility index (Phi) is 8.40. The molecule has 0 aliphatic carbocycles. The largest absolute Gasteiger partial charge is 0.469 e. The van der Waals surface area contributed by atoms with Crippen LogP contribution in [0.3, 0.4) is 0 Å². The number of hydrogen-bond acceptors (Lipinski definition) is 4. The van der Waals surface area contributed by atoms with Crippen molar-refractivity contribution < 1.29 is 27.4 Å². The van der Waals surface area contributed by atoms with Crippen molar-refractivity contribution in [2.45, 2.75) is 25.4 Å². The number of alkyl halides is 3. The van der Waals surface area contributed by atoms with E-state index < -0.39 is 11.7 Å². The number of halogens is 4. The molecule has 4 nitrogen and oxygen atoms in total. The SMILES string of the molecule is COC(=O)CCOCCCCNc1ccc(Br)cc1C(F)(F)F. The third-order valence-electron chi connectivity index (χ3n) is 3.00. The first-order valence-corrected chi connectivity index (χ1v) is 7.89. The summed E-state index contributed by atoms with van der Waals surface area (Å²) in [6, 6.07) is 4.02. The Morgan fingerprint density at radius 3 is 2.65 bits per heavy atom. The minimum Gasteiger partial charge on any atom is -0.469 e. The average molecular weight is 398 g/mol. The second-order valence-corrected chi connectivity index (χ2v) is 5.68. The van der Waals surface area contributed by atoms with Gasteiger partial charge in [-0.1, -0.05) is 15.9 Å². The van der Waals surface area contributed by atoms with Crippen LogP contribution in [-0.2, 0) is 20.4 Å². The van der Waals surface area contributed by atoms with Crippen LogP contribution in [0.15, 0.2) is 22.7 Å². The lowest BCUT2D eigenvalue weighted by Gasteiger charge is -2.15. The van der Waals surface area contributed by atoms with Crippen LogP contribution in [0.5, 0.6) is 0 Å². The maximum absolute atomic E-state index is 12.9. The van der Waals surface area contributed by atoms with Gasteiger partial charge in [0, 0.05) is 23.3 Å². The molecule has 0 spiro atoms. The number of carbonyl (C=O) groups excluding carboxylic acids is 1. The monoisotopic (exact) mass is 397 g/mol. The maximum Gasteiger partial charge on any atom is 0.418 e. The number of anilines is 1. The minimum atomic E-state index is -4.40. The van der Waals surface area contributed by atoms with E-state index in [2.05, 4.69) is 26.0 Å². The molecular formula is C15H19BrF3NO3. The third kappa shape index (κ3) is 7.69.